The van der Waals surface area contributed by atoms with E-state index in [1.54, 1.807) is 43.5 Å². The van der Waals surface area contributed by atoms with Crippen LogP contribution in [-0.4, -0.2) is 32.9 Å². The van der Waals surface area contributed by atoms with Crippen LogP contribution >= 0.6 is 11.6 Å². The van der Waals surface area contributed by atoms with Crippen molar-refractivity contribution < 1.29 is 19.0 Å². The third-order valence-electron chi connectivity index (χ3n) is 3.32. The van der Waals surface area contributed by atoms with Gasteiger partial charge in [0.25, 0.3) is 5.91 Å². The summed E-state index contributed by atoms with van der Waals surface area (Å²) in [6, 6.07) is 10.6. The Balaban J connectivity index is 1.92. The molecule has 132 valence electrons. The van der Waals surface area contributed by atoms with Crippen molar-refractivity contribution in [1.29, 1.82) is 0 Å². The fourth-order valence-electron chi connectivity index (χ4n) is 2.14. The van der Waals surface area contributed by atoms with E-state index in [1.807, 2.05) is 6.92 Å². The molecule has 0 radical (unpaired) electrons. The first-order valence-corrected chi connectivity index (χ1v) is 7.84. The maximum Gasteiger partial charge on any atom is 0.277 e. The molecule has 1 N–H and O–H groups in total. The predicted octanol–water partition coefficient (Wildman–Crippen LogP) is 3.19. The van der Waals surface area contributed by atoms with E-state index in [-0.39, 0.29) is 12.5 Å². The zero-order valence-corrected chi connectivity index (χ0v) is 15.0. The van der Waals surface area contributed by atoms with Crippen molar-refractivity contribution >= 4 is 23.7 Å². The number of ether oxygens (including phenoxy) is 3. The van der Waals surface area contributed by atoms with Crippen molar-refractivity contribution in [2.24, 2.45) is 5.10 Å². The topological polar surface area (TPSA) is 69.2 Å². The Morgan fingerprint density at radius 1 is 1.20 bits per heavy atom. The van der Waals surface area contributed by atoms with E-state index >= 15 is 0 Å². The Hall–Kier alpha value is -2.73. The summed E-state index contributed by atoms with van der Waals surface area (Å²) in [5, 5.41) is 4.53. The van der Waals surface area contributed by atoms with Crippen molar-refractivity contribution in [3.05, 3.63) is 52.5 Å². The fraction of sp³-hybridized carbons (Fsp3) is 0.222. The number of carbonyl (C=O) groups excluding carboxylic acids is 1. The third kappa shape index (κ3) is 5.12. The van der Waals surface area contributed by atoms with Crippen molar-refractivity contribution in [3.8, 4) is 17.2 Å². The van der Waals surface area contributed by atoms with E-state index < -0.39 is 0 Å². The van der Waals surface area contributed by atoms with Gasteiger partial charge < -0.3 is 14.2 Å². The zero-order valence-electron chi connectivity index (χ0n) is 14.2. The molecule has 0 saturated heterocycles. The molecule has 0 aliphatic heterocycles. The number of hydrazone groups is 1. The highest BCUT2D eigenvalue weighted by molar-refractivity contribution is 6.30. The van der Waals surface area contributed by atoms with Gasteiger partial charge in [-0.2, -0.15) is 5.10 Å². The molecule has 0 aliphatic carbocycles. The molecule has 7 heteroatoms. The molecule has 25 heavy (non-hydrogen) atoms. The molecule has 0 aromatic heterocycles. The lowest BCUT2D eigenvalue weighted by molar-refractivity contribution is -0.123. The SMILES string of the molecule is COc1cccc(/C=N\NC(=O)COc2ccc(Cl)cc2C)c1OC. The minimum Gasteiger partial charge on any atom is -0.493 e. The molecular weight excluding hydrogens is 344 g/mol. The summed E-state index contributed by atoms with van der Waals surface area (Å²) in [5.74, 6) is 1.33. The van der Waals surface area contributed by atoms with Crippen molar-refractivity contribution in [2.75, 3.05) is 20.8 Å². The van der Waals surface area contributed by atoms with Crippen LogP contribution in [0.5, 0.6) is 17.2 Å². The molecule has 1 amide bonds. The lowest BCUT2D eigenvalue weighted by atomic mass is 10.2. The van der Waals surface area contributed by atoms with Crippen LogP contribution in [0.2, 0.25) is 5.02 Å². The van der Waals surface area contributed by atoms with Gasteiger partial charge in [0.1, 0.15) is 5.75 Å². The van der Waals surface area contributed by atoms with Gasteiger partial charge in [0.05, 0.1) is 20.4 Å². The number of nitrogens with one attached hydrogen (secondary N) is 1. The number of hydrogen-bond donors (Lipinski definition) is 1. The van der Waals surface area contributed by atoms with Crippen molar-refractivity contribution in [1.82, 2.24) is 5.43 Å². The van der Waals surface area contributed by atoms with Crippen LogP contribution in [-0.2, 0) is 4.79 Å². The average molecular weight is 363 g/mol. The largest absolute Gasteiger partial charge is 0.493 e. The molecule has 6 nitrogen and oxygen atoms in total. The summed E-state index contributed by atoms with van der Waals surface area (Å²) >= 11 is 5.88. The second kappa shape index (κ2) is 8.94. The van der Waals surface area contributed by atoms with Crippen molar-refractivity contribution in [2.45, 2.75) is 6.92 Å². The number of nitrogens with zero attached hydrogens (tertiary/aromatic N) is 1. The minimum atomic E-state index is -0.382. The maximum atomic E-state index is 11.8. The van der Waals surface area contributed by atoms with Gasteiger partial charge in [-0.25, -0.2) is 5.43 Å². The number of hydrogen-bond acceptors (Lipinski definition) is 5. The number of benzene rings is 2. The number of methoxy groups -OCH3 is 2. The lowest BCUT2D eigenvalue weighted by Crippen LogP contribution is -2.24. The molecule has 0 bridgehead atoms. The number of halogens is 1. The fourth-order valence-corrected chi connectivity index (χ4v) is 2.36. The van der Waals surface area contributed by atoms with E-state index in [0.717, 1.165) is 5.56 Å². The molecule has 0 saturated carbocycles. The minimum absolute atomic E-state index is 0.158. The van der Waals surface area contributed by atoms with Gasteiger partial charge in [-0.15, -0.1) is 0 Å². The second-order valence-corrected chi connectivity index (χ2v) is 5.51. The molecule has 0 fully saturated rings. The van der Waals surface area contributed by atoms with Crippen LogP contribution in [0.15, 0.2) is 41.5 Å². The molecule has 0 atom stereocenters. The van der Waals surface area contributed by atoms with E-state index in [4.69, 9.17) is 25.8 Å². The second-order valence-electron chi connectivity index (χ2n) is 5.07. The predicted molar refractivity (Wildman–Crippen MR) is 97.0 cm³/mol. The smallest absolute Gasteiger partial charge is 0.277 e. The van der Waals surface area contributed by atoms with Crippen LogP contribution in [0.4, 0.5) is 0 Å². The van der Waals surface area contributed by atoms with E-state index in [9.17, 15) is 4.79 Å². The van der Waals surface area contributed by atoms with Crippen LogP contribution in [0.25, 0.3) is 0 Å². The molecule has 0 aliphatic rings. The number of amides is 1. The van der Waals surface area contributed by atoms with Gasteiger partial charge >= 0.3 is 0 Å². The molecule has 0 unspecified atom stereocenters. The van der Waals surface area contributed by atoms with E-state index in [0.29, 0.717) is 27.8 Å². The van der Waals surface area contributed by atoms with Gasteiger partial charge in [-0.1, -0.05) is 17.7 Å². The quantitative estimate of drug-likeness (QED) is 0.606. The highest BCUT2D eigenvalue weighted by atomic mass is 35.5. The van der Waals surface area contributed by atoms with Gasteiger partial charge in [-0.3, -0.25) is 4.79 Å². The highest BCUT2D eigenvalue weighted by Gasteiger charge is 2.08. The summed E-state index contributed by atoms with van der Waals surface area (Å²) in [4.78, 5) is 11.8. The van der Waals surface area contributed by atoms with Gasteiger partial charge in [0.15, 0.2) is 18.1 Å². The zero-order chi connectivity index (χ0) is 18.2. The van der Waals surface area contributed by atoms with Crippen LogP contribution < -0.4 is 19.6 Å². The molecule has 0 heterocycles. The van der Waals surface area contributed by atoms with Gasteiger partial charge in [-0.05, 0) is 42.8 Å². The Bertz CT molecular complexity index is 778. The maximum absolute atomic E-state index is 11.8. The van der Waals surface area contributed by atoms with Crippen LogP contribution in [0.1, 0.15) is 11.1 Å². The van der Waals surface area contributed by atoms with E-state index in [1.165, 1.54) is 13.3 Å². The molecular formula is C18H19ClN2O4. The first-order valence-electron chi connectivity index (χ1n) is 7.47. The number of rotatable bonds is 7. The first kappa shape index (κ1) is 18.6. The van der Waals surface area contributed by atoms with Gasteiger partial charge in [0.2, 0.25) is 0 Å². The summed E-state index contributed by atoms with van der Waals surface area (Å²) in [6.45, 7) is 1.70. The summed E-state index contributed by atoms with van der Waals surface area (Å²) in [5.41, 5.74) is 3.93. The lowest BCUT2D eigenvalue weighted by Gasteiger charge is -2.10. The standard InChI is InChI=1S/C18H19ClN2O4/c1-12-9-14(19)7-8-15(12)25-11-17(22)21-20-10-13-5-4-6-16(23-2)18(13)24-3/h4-10H,11H2,1-3H3,(H,21,22)/b20-10-. The van der Waals surface area contributed by atoms with Crippen LogP contribution in [0, 0.1) is 6.92 Å². The summed E-state index contributed by atoms with van der Waals surface area (Å²) in [7, 11) is 3.09. The Morgan fingerprint density at radius 2 is 2.00 bits per heavy atom. The van der Waals surface area contributed by atoms with Crippen LogP contribution in [0.3, 0.4) is 0 Å². The Morgan fingerprint density at radius 3 is 2.68 bits per heavy atom. The monoisotopic (exact) mass is 362 g/mol. The normalized spacial score (nSPS) is 10.6. The molecule has 2 rings (SSSR count). The summed E-state index contributed by atoms with van der Waals surface area (Å²) in [6.07, 6.45) is 1.48. The summed E-state index contributed by atoms with van der Waals surface area (Å²) < 4.78 is 15.9. The molecule has 0 spiro atoms. The number of aryl methyl sites for hydroxylation is 1. The Labute approximate surface area is 151 Å². The first-order chi connectivity index (χ1) is 12.0. The van der Waals surface area contributed by atoms with Crippen molar-refractivity contribution in [3.63, 3.8) is 0 Å². The average Bonchev–Trinajstić information content (AvgIpc) is 2.60. The molecule has 2 aromatic rings. The third-order valence-corrected chi connectivity index (χ3v) is 3.56. The van der Waals surface area contributed by atoms with Gasteiger partial charge in [0, 0.05) is 10.6 Å². The number of para-hydroxylation sites is 1. The number of carbonyl (C=O) groups is 1. The highest BCUT2D eigenvalue weighted by Crippen LogP contribution is 2.29. The Kier molecular flexibility index (Phi) is 6.65. The molecule has 2 aromatic carbocycles. The van der Waals surface area contributed by atoms with E-state index in [2.05, 4.69) is 10.5 Å².